The van der Waals surface area contributed by atoms with Gasteiger partial charge in [0.1, 0.15) is 0 Å². The van der Waals surface area contributed by atoms with Gasteiger partial charge in [0, 0.05) is 13.1 Å². The van der Waals surface area contributed by atoms with Gasteiger partial charge in [-0.15, -0.1) is 13.2 Å². The van der Waals surface area contributed by atoms with Crippen LogP contribution in [0.3, 0.4) is 0 Å². The van der Waals surface area contributed by atoms with E-state index in [1.54, 1.807) is 6.07 Å². The molecule has 3 nitrogen and oxygen atoms in total. The predicted molar refractivity (Wildman–Crippen MR) is 67.9 cm³/mol. The van der Waals surface area contributed by atoms with E-state index in [2.05, 4.69) is 18.1 Å². The number of rotatable bonds is 5. The maximum Gasteiger partial charge on any atom is 0.0785 e. The van der Waals surface area contributed by atoms with Crippen LogP contribution in [0.5, 0.6) is 0 Å². The molecule has 0 heterocycles. The number of nitrogens with zero attached hydrogens (tertiary/aromatic N) is 1. The van der Waals surface area contributed by atoms with Crippen LogP contribution in [0.4, 0.5) is 17.1 Å². The van der Waals surface area contributed by atoms with Crippen LogP contribution < -0.4 is 16.4 Å². The van der Waals surface area contributed by atoms with Crippen molar-refractivity contribution in [3.63, 3.8) is 0 Å². The van der Waals surface area contributed by atoms with Crippen molar-refractivity contribution >= 4 is 17.1 Å². The smallest absolute Gasteiger partial charge is 0.0785 e. The van der Waals surface area contributed by atoms with Crippen molar-refractivity contribution in [1.82, 2.24) is 0 Å². The standard InChI is InChI=1S/C12H17N3/c1-3-8-15(9-4-2)11-7-5-6-10(13)12(11)14/h3-7H,1-2,8-9,13-14H2. The highest BCUT2D eigenvalue weighted by molar-refractivity contribution is 5.79. The topological polar surface area (TPSA) is 55.3 Å². The fourth-order valence-electron chi connectivity index (χ4n) is 1.43. The Hall–Kier alpha value is -1.90. The highest BCUT2D eigenvalue weighted by Crippen LogP contribution is 2.28. The minimum Gasteiger partial charge on any atom is -0.397 e. The largest absolute Gasteiger partial charge is 0.397 e. The first kappa shape index (κ1) is 11.2. The number of benzene rings is 1. The highest BCUT2D eigenvalue weighted by Gasteiger charge is 2.08. The summed E-state index contributed by atoms with van der Waals surface area (Å²) in [5, 5.41) is 0. The molecule has 4 N–H and O–H groups in total. The molecule has 0 aliphatic rings. The Labute approximate surface area is 90.7 Å². The molecule has 0 spiro atoms. The van der Waals surface area contributed by atoms with Crippen LogP contribution in [-0.2, 0) is 0 Å². The van der Waals surface area contributed by atoms with E-state index in [-0.39, 0.29) is 0 Å². The monoisotopic (exact) mass is 203 g/mol. The van der Waals surface area contributed by atoms with Gasteiger partial charge in [-0.05, 0) is 12.1 Å². The average molecular weight is 203 g/mol. The van der Waals surface area contributed by atoms with Crippen molar-refractivity contribution in [3.8, 4) is 0 Å². The summed E-state index contributed by atoms with van der Waals surface area (Å²) >= 11 is 0. The molecule has 0 aliphatic heterocycles. The molecule has 0 fully saturated rings. The molecule has 80 valence electrons. The fourth-order valence-corrected chi connectivity index (χ4v) is 1.43. The van der Waals surface area contributed by atoms with E-state index in [0.29, 0.717) is 11.4 Å². The molecule has 15 heavy (non-hydrogen) atoms. The Bertz CT molecular complexity index is 348. The van der Waals surface area contributed by atoms with Crippen LogP contribution >= 0.6 is 0 Å². The molecule has 0 unspecified atom stereocenters. The zero-order valence-electron chi connectivity index (χ0n) is 8.82. The number of nitrogen functional groups attached to an aromatic ring is 2. The van der Waals surface area contributed by atoms with Gasteiger partial charge in [-0.2, -0.15) is 0 Å². The molecule has 3 heteroatoms. The lowest BCUT2D eigenvalue weighted by Crippen LogP contribution is -2.24. The van der Waals surface area contributed by atoms with Crippen LogP contribution in [0.1, 0.15) is 0 Å². The predicted octanol–water partition coefficient (Wildman–Crippen LogP) is 2.03. The van der Waals surface area contributed by atoms with Gasteiger partial charge in [0.2, 0.25) is 0 Å². The van der Waals surface area contributed by atoms with Crippen molar-refractivity contribution in [1.29, 1.82) is 0 Å². The molecule has 0 amide bonds. The van der Waals surface area contributed by atoms with Crippen LogP contribution in [0.25, 0.3) is 0 Å². The average Bonchev–Trinajstić information content (AvgIpc) is 2.22. The Balaban J connectivity index is 3.04. The number of nitrogens with two attached hydrogens (primary N) is 2. The van der Waals surface area contributed by atoms with Gasteiger partial charge in [-0.3, -0.25) is 0 Å². The SMILES string of the molecule is C=CCN(CC=C)c1cccc(N)c1N. The Morgan fingerprint density at radius 3 is 2.27 bits per heavy atom. The molecule has 0 saturated carbocycles. The number of anilines is 3. The first-order chi connectivity index (χ1) is 7.20. The second-order valence-corrected chi connectivity index (χ2v) is 3.26. The second-order valence-electron chi connectivity index (χ2n) is 3.26. The summed E-state index contributed by atoms with van der Waals surface area (Å²) in [7, 11) is 0. The second kappa shape index (κ2) is 5.10. The normalized spacial score (nSPS) is 9.60. The van der Waals surface area contributed by atoms with Crippen molar-refractivity contribution in [2.24, 2.45) is 0 Å². The lowest BCUT2D eigenvalue weighted by molar-refractivity contribution is 0.959. The minimum atomic E-state index is 0.602. The Morgan fingerprint density at radius 2 is 1.73 bits per heavy atom. The molecular formula is C12H17N3. The minimum absolute atomic E-state index is 0.602. The van der Waals surface area contributed by atoms with Gasteiger partial charge in [-0.1, -0.05) is 18.2 Å². The van der Waals surface area contributed by atoms with Crippen LogP contribution in [0.2, 0.25) is 0 Å². The summed E-state index contributed by atoms with van der Waals surface area (Å²) in [6.45, 7) is 8.87. The van der Waals surface area contributed by atoms with Crippen molar-refractivity contribution in [2.45, 2.75) is 0 Å². The third kappa shape index (κ3) is 2.53. The molecule has 0 aromatic heterocycles. The van der Waals surface area contributed by atoms with Gasteiger partial charge >= 0.3 is 0 Å². The van der Waals surface area contributed by atoms with Gasteiger partial charge in [0.15, 0.2) is 0 Å². The molecule has 0 radical (unpaired) electrons. The number of hydrogen-bond donors (Lipinski definition) is 2. The zero-order valence-corrected chi connectivity index (χ0v) is 8.82. The molecular weight excluding hydrogens is 186 g/mol. The van der Waals surface area contributed by atoms with E-state index in [0.717, 1.165) is 18.8 Å². The lowest BCUT2D eigenvalue weighted by atomic mass is 10.2. The molecule has 1 aromatic carbocycles. The Morgan fingerprint density at radius 1 is 1.13 bits per heavy atom. The van der Waals surface area contributed by atoms with E-state index in [1.807, 2.05) is 24.3 Å². The van der Waals surface area contributed by atoms with E-state index in [1.165, 1.54) is 0 Å². The van der Waals surface area contributed by atoms with Gasteiger partial charge < -0.3 is 16.4 Å². The summed E-state index contributed by atoms with van der Waals surface area (Å²) < 4.78 is 0. The van der Waals surface area contributed by atoms with Gasteiger partial charge in [-0.25, -0.2) is 0 Å². The van der Waals surface area contributed by atoms with E-state index < -0.39 is 0 Å². The van der Waals surface area contributed by atoms with Crippen LogP contribution in [-0.4, -0.2) is 13.1 Å². The summed E-state index contributed by atoms with van der Waals surface area (Å²) in [4.78, 5) is 2.06. The molecule has 1 aromatic rings. The third-order valence-corrected chi connectivity index (χ3v) is 2.16. The summed E-state index contributed by atoms with van der Waals surface area (Å²) in [6, 6.07) is 5.62. The van der Waals surface area contributed by atoms with Gasteiger partial charge in [0.05, 0.1) is 17.1 Å². The third-order valence-electron chi connectivity index (χ3n) is 2.16. The first-order valence-corrected chi connectivity index (χ1v) is 4.81. The molecule has 0 saturated heterocycles. The first-order valence-electron chi connectivity index (χ1n) is 4.81. The molecule has 0 aliphatic carbocycles. The van der Waals surface area contributed by atoms with E-state index >= 15 is 0 Å². The maximum absolute atomic E-state index is 5.91. The number of para-hydroxylation sites is 1. The lowest BCUT2D eigenvalue weighted by Gasteiger charge is -2.23. The number of hydrogen-bond acceptors (Lipinski definition) is 3. The quantitative estimate of drug-likeness (QED) is 0.568. The summed E-state index contributed by atoms with van der Waals surface area (Å²) in [6.07, 6.45) is 3.65. The fraction of sp³-hybridized carbons (Fsp3) is 0.167. The molecule has 0 bridgehead atoms. The summed E-state index contributed by atoms with van der Waals surface area (Å²) in [5.41, 5.74) is 13.8. The molecule has 1 rings (SSSR count). The zero-order chi connectivity index (χ0) is 11.3. The Kier molecular flexibility index (Phi) is 3.80. The molecule has 0 atom stereocenters. The van der Waals surface area contributed by atoms with E-state index in [4.69, 9.17) is 11.5 Å². The van der Waals surface area contributed by atoms with Crippen LogP contribution in [0.15, 0.2) is 43.5 Å². The van der Waals surface area contributed by atoms with E-state index in [9.17, 15) is 0 Å². The maximum atomic E-state index is 5.91. The van der Waals surface area contributed by atoms with Crippen LogP contribution in [0, 0.1) is 0 Å². The highest BCUT2D eigenvalue weighted by atomic mass is 15.1. The van der Waals surface area contributed by atoms with Crippen molar-refractivity contribution in [3.05, 3.63) is 43.5 Å². The summed E-state index contributed by atoms with van der Waals surface area (Å²) in [5.74, 6) is 0. The van der Waals surface area contributed by atoms with Crippen molar-refractivity contribution < 1.29 is 0 Å². The van der Waals surface area contributed by atoms with Crippen molar-refractivity contribution in [2.75, 3.05) is 29.5 Å². The van der Waals surface area contributed by atoms with Gasteiger partial charge in [0.25, 0.3) is 0 Å².